The molecule has 3 heteroatoms. The molecular formula is C9H14O3. The van der Waals surface area contributed by atoms with Crippen LogP contribution in [0.25, 0.3) is 0 Å². The zero-order valence-corrected chi connectivity index (χ0v) is 7.50. The fraction of sp³-hybridized carbons (Fsp3) is 0.556. The number of carbonyl (C=O) groups is 2. The minimum atomic E-state index is -0.478. The van der Waals surface area contributed by atoms with Gasteiger partial charge < -0.3 is 4.74 Å². The van der Waals surface area contributed by atoms with Crippen LogP contribution in [-0.4, -0.2) is 11.9 Å². The first-order valence-corrected chi connectivity index (χ1v) is 3.93. The zero-order chi connectivity index (χ0) is 9.56. The van der Waals surface area contributed by atoms with Gasteiger partial charge in [-0.3, -0.25) is 9.59 Å². The Balaban J connectivity index is 3.69. The number of hydrogen-bond acceptors (Lipinski definition) is 3. The van der Waals surface area contributed by atoms with Gasteiger partial charge in [-0.15, -0.1) is 6.58 Å². The minimum Gasteiger partial charge on any atom is -0.393 e. The van der Waals surface area contributed by atoms with Crippen molar-refractivity contribution >= 4 is 11.9 Å². The molecule has 0 rings (SSSR count). The molecule has 0 aliphatic rings. The summed E-state index contributed by atoms with van der Waals surface area (Å²) in [5.74, 6) is -1.20. The van der Waals surface area contributed by atoms with E-state index in [1.807, 2.05) is 0 Å². The summed E-state index contributed by atoms with van der Waals surface area (Å²) in [4.78, 5) is 21.7. The molecule has 0 aromatic carbocycles. The molecule has 0 N–H and O–H groups in total. The first-order valence-electron chi connectivity index (χ1n) is 3.93. The van der Waals surface area contributed by atoms with Crippen LogP contribution in [0, 0.1) is 5.92 Å². The van der Waals surface area contributed by atoms with Crippen LogP contribution >= 0.6 is 0 Å². The number of esters is 2. The van der Waals surface area contributed by atoms with Gasteiger partial charge in [0.1, 0.15) is 0 Å². The molecule has 0 radical (unpaired) electrons. The average Bonchev–Trinajstić information content (AvgIpc) is 2.00. The molecule has 0 saturated heterocycles. The SMILES string of the molecule is C=CCCC(=O)OC(=O)C(C)C. The van der Waals surface area contributed by atoms with Crippen LogP contribution < -0.4 is 0 Å². The summed E-state index contributed by atoms with van der Waals surface area (Å²) in [6, 6.07) is 0. The second kappa shape index (κ2) is 5.52. The topological polar surface area (TPSA) is 43.4 Å². The Bertz CT molecular complexity index is 182. The number of carbonyl (C=O) groups excluding carboxylic acids is 2. The van der Waals surface area contributed by atoms with Crippen molar-refractivity contribution in [2.75, 3.05) is 0 Å². The van der Waals surface area contributed by atoms with Gasteiger partial charge in [-0.25, -0.2) is 0 Å². The monoisotopic (exact) mass is 170 g/mol. The summed E-state index contributed by atoms with van der Waals surface area (Å²) < 4.78 is 4.49. The van der Waals surface area contributed by atoms with Gasteiger partial charge in [-0.1, -0.05) is 19.9 Å². The highest BCUT2D eigenvalue weighted by Crippen LogP contribution is 1.99. The quantitative estimate of drug-likeness (QED) is 0.366. The normalized spacial score (nSPS) is 9.58. The molecule has 0 heterocycles. The highest BCUT2D eigenvalue weighted by Gasteiger charge is 2.12. The van der Waals surface area contributed by atoms with Gasteiger partial charge >= 0.3 is 11.9 Å². The molecule has 0 spiro atoms. The third-order valence-electron chi connectivity index (χ3n) is 1.24. The minimum absolute atomic E-state index is 0.224. The first-order chi connectivity index (χ1) is 5.57. The molecule has 68 valence electrons. The number of hydrogen-bond donors (Lipinski definition) is 0. The summed E-state index contributed by atoms with van der Waals surface area (Å²) in [5.41, 5.74) is 0. The number of ether oxygens (including phenoxy) is 1. The molecule has 0 saturated carbocycles. The van der Waals surface area contributed by atoms with Gasteiger partial charge in [0.15, 0.2) is 0 Å². The predicted molar refractivity (Wildman–Crippen MR) is 45.4 cm³/mol. The van der Waals surface area contributed by atoms with Crippen molar-refractivity contribution in [3.63, 3.8) is 0 Å². The van der Waals surface area contributed by atoms with Crippen molar-refractivity contribution in [3.05, 3.63) is 12.7 Å². The van der Waals surface area contributed by atoms with Crippen molar-refractivity contribution in [1.82, 2.24) is 0 Å². The van der Waals surface area contributed by atoms with Crippen LogP contribution in [0.5, 0.6) is 0 Å². The average molecular weight is 170 g/mol. The van der Waals surface area contributed by atoms with Crippen LogP contribution in [0.3, 0.4) is 0 Å². The van der Waals surface area contributed by atoms with E-state index in [2.05, 4.69) is 11.3 Å². The Morgan fingerprint density at radius 1 is 1.50 bits per heavy atom. The molecule has 0 aliphatic heterocycles. The zero-order valence-electron chi connectivity index (χ0n) is 7.50. The number of rotatable bonds is 4. The highest BCUT2D eigenvalue weighted by atomic mass is 16.6. The summed E-state index contributed by atoms with van der Waals surface area (Å²) in [6.07, 6.45) is 2.38. The molecule has 0 aliphatic carbocycles. The lowest BCUT2D eigenvalue weighted by Crippen LogP contribution is -2.16. The van der Waals surface area contributed by atoms with Crippen molar-refractivity contribution in [2.24, 2.45) is 5.92 Å². The summed E-state index contributed by atoms with van der Waals surface area (Å²) >= 11 is 0. The van der Waals surface area contributed by atoms with Crippen LogP contribution in [0.4, 0.5) is 0 Å². The molecule has 0 unspecified atom stereocenters. The Hall–Kier alpha value is -1.12. The van der Waals surface area contributed by atoms with E-state index < -0.39 is 11.9 Å². The molecule has 3 nitrogen and oxygen atoms in total. The van der Waals surface area contributed by atoms with E-state index in [1.54, 1.807) is 19.9 Å². The van der Waals surface area contributed by atoms with Gasteiger partial charge in [0.25, 0.3) is 0 Å². The molecule has 0 aromatic heterocycles. The lowest BCUT2D eigenvalue weighted by Gasteiger charge is -2.03. The van der Waals surface area contributed by atoms with E-state index in [9.17, 15) is 9.59 Å². The van der Waals surface area contributed by atoms with E-state index in [-0.39, 0.29) is 12.3 Å². The van der Waals surface area contributed by atoms with E-state index >= 15 is 0 Å². The Kier molecular flexibility index (Phi) is 5.00. The molecule has 0 bridgehead atoms. The van der Waals surface area contributed by atoms with Crippen molar-refractivity contribution < 1.29 is 14.3 Å². The van der Waals surface area contributed by atoms with Gasteiger partial charge in [0.05, 0.1) is 5.92 Å². The Labute approximate surface area is 72.4 Å². The summed E-state index contributed by atoms with van der Waals surface area (Å²) in [6.45, 7) is 6.82. The second-order valence-corrected chi connectivity index (χ2v) is 2.78. The van der Waals surface area contributed by atoms with Crippen LogP contribution in [0.15, 0.2) is 12.7 Å². The van der Waals surface area contributed by atoms with Gasteiger partial charge in [-0.2, -0.15) is 0 Å². The Morgan fingerprint density at radius 2 is 2.08 bits per heavy atom. The molecule has 0 aromatic rings. The van der Waals surface area contributed by atoms with Crippen LogP contribution in [0.1, 0.15) is 26.7 Å². The molecule has 0 fully saturated rings. The smallest absolute Gasteiger partial charge is 0.316 e. The standard InChI is InChI=1S/C9H14O3/c1-4-5-6-8(10)12-9(11)7(2)3/h4,7H,1,5-6H2,2-3H3. The molecule has 0 amide bonds. The third kappa shape index (κ3) is 4.66. The van der Waals surface area contributed by atoms with Gasteiger partial charge in [-0.05, 0) is 6.42 Å². The summed E-state index contributed by atoms with van der Waals surface area (Å²) in [7, 11) is 0. The predicted octanol–water partition coefficient (Wildman–Crippen LogP) is 1.68. The maximum Gasteiger partial charge on any atom is 0.316 e. The second-order valence-electron chi connectivity index (χ2n) is 2.78. The molecule has 0 atom stereocenters. The van der Waals surface area contributed by atoms with E-state index in [4.69, 9.17) is 0 Å². The van der Waals surface area contributed by atoms with Gasteiger partial charge in [0.2, 0.25) is 0 Å². The van der Waals surface area contributed by atoms with Gasteiger partial charge in [0, 0.05) is 6.42 Å². The molecule has 12 heavy (non-hydrogen) atoms. The van der Waals surface area contributed by atoms with Crippen molar-refractivity contribution in [2.45, 2.75) is 26.7 Å². The highest BCUT2D eigenvalue weighted by molar-refractivity contribution is 5.86. The molecular weight excluding hydrogens is 156 g/mol. The van der Waals surface area contributed by atoms with Crippen LogP contribution in [-0.2, 0) is 14.3 Å². The maximum absolute atomic E-state index is 10.8. The third-order valence-corrected chi connectivity index (χ3v) is 1.24. The Morgan fingerprint density at radius 3 is 2.50 bits per heavy atom. The van der Waals surface area contributed by atoms with Crippen molar-refractivity contribution in [1.29, 1.82) is 0 Å². The summed E-state index contributed by atoms with van der Waals surface area (Å²) in [5, 5.41) is 0. The van der Waals surface area contributed by atoms with E-state index in [1.165, 1.54) is 0 Å². The lowest BCUT2D eigenvalue weighted by molar-refractivity contribution is -0.161. The number of allylic oxidation sites excluding steroid dienone is 1. The lowest BCUT2D eigenvalue weighted by atomic mass is 10.2. The fourth-order valence-electron chi connectivity index (χ4n) is 0.501. The van der Waals surface area contributed by atoms with Crippen molar-refractivity contribution in [3.8, 4) is 0 Å². The van der Waals surface area contributed by atoms with Crippen LogP contribution in [0.2, 0.25) is 0 Å². The fourth-order valence-corrected chi connectivity index (χ4v) is 0.501. The largest absolute Gasteiger partial charge is 0.393 e. The van der Waals surface area contributed by atoms with E-state index in [0.717, 1.165) is 0 Å². The first kappa shape index (κ1) is 10.9. The van der Waals surface area contributed by atoms with E-state index in [0.29, 0.717) is 6.42 Å². The maximum atomic E-state index is 10.8.